The number of benzene rings is 2. The second-order valence-corrected chi connectivity index (χ2v) is 9.54. The second kappa shape index (κ2) is 7.60. The van der Waals surface area contributed by atoms with Crippen molar-refractivity contribution >= 4 is 5.91 Å². The molecule has 1 aliphatic carbocycles. The van der Waals surface area contributed by atoms with Gasteiger partial charge in [0.1, 0.15) is 0 Å². The standard InChI is InChI=1S/C26H32N2O/c1-26(22-10-6-3-7-11-22)18-27-17-23(26)25(29)28-15-14-21(16-24(28)20-12-13-20)19-8-4-2-5-9-19/h2-11,20-21,23-24,27H,12-18H2,1H3/t21?,23-,24?,26-/m0/s1. The van der Waals surface area contributed by atoms with Crippen LogP contribution in [0.15, 0.2) is 60.7 Å². The van der Waals surface area contributed by atoms with Crippen molar-refractivity contribution < 1.29 is 4.79 Å². The number of nitrogens with zero attached hydrogens (tertiary/aromatic N) is 1. The van der Waals surface area contributed by atoms with Gasteiger partial charge in [0.15, 0.2) is 0 Å². The minimum Gasteiger partial charge on any atom is -0.339 e. The third-order valence-electron chi connectivity index (χ3n) is 7.71. The predicted octanol–water partition coefficient (Wildman–Crippen LogP) is 4.35. The Hall–Kier alpha value is -2.13. The fourth-order valence-electron chi connectivity index (χ4n) is 5.73. The first-order chi connectivity index (χ1) is 14.2. The van der Waals surface area contributed by atoms with Crippen LogP contribution in [0, 0.1) is 11.8 Å². The molecule has 0 aromatic heterocycles. The summed E-state index contributed by atoms with van der Waals surface area (Å²) in [5, 5.41) is 3.53. The largest absolute Gasteiger partial charge is 0.339 e. The Bertz CT molecular complexity index is 848. The molecule has 152 valence electrons. The zero-order valence-electron chi connectivity index (χ0n) is 17.4. The minimum absolute atomic E-state index is 0.0272. The maximum Gasteiger partial charge on any atom is 0.228 e. The molecule has 0 bridgehead atoms. The van der Waals surface area contributed by atoms with Gasteiger partial charge in [-0.1, -0.05) is 67.6 Å². The number of rotatable bonds is 4. The average molecular weight is 389 g/mol. The molecule has 5 rings (SSSR count). The van der Waals surface area contributed by atoms with E-state index in [9.17, 15) is 4.79 Å². The zero-order chi connectivity index (χ0) is 19.8. The summed E-state index contributed by atoms with van der Waals surface area (Å²) < 4.78 is 0. The lowest BCUT2D eigenvalue weighted by molar-refractivity contribution is -0.141. The summed E-state index contributed by atoms with van der Waals surface area (Å²) in [5.41, 5.74) is 2.61. The summed E-state index contributed by atoms with van der Waals surface area (Å²) in [6, 6.07) is 22.0. The van der Waals surface area contributed by atoms with Crippen LogP contribution in [-0.2, 0) is 10.2 Å². The highest BCUT2D eigenvalue weighted by Crippen LogP contribution is 2.45. The lowest BCUT2D eigenvalue weighted by Gasteiger charge is -2.43. The summed E-state index contributed by atoms with van der Waals surface area (Å²) in [7, 11) is 0. The molecule has 1 N–H and O–H groups in total. The highest BCUT2D eigenvalue weighted by Gasteiger charge is 2.49. The van der Waals surface area contributed by atoms with Gasteiger partial charge in [0, 0.05) is 31.1 Å². The van der Waals surface area contributed by atoms with Crippen LogP contribution < -0.4 is 5.32 Å². The zero-order valence-corrected chi connectivity index (χ0v) is 17.4. The van der Waals surface area contributed by atoms with E-state index in [1.54, 1.807) is 0 Å². The molecule has 0 radical (unpaired) electrons. The van der Waals surface area contributed by atoms with Crippen LogP contribution in [-0.4, -0.2) is 36.5 Å². The molecule has 3 aliphatic rings. The van der Waals surface area contributed by atoms with Crippen molar-refractivity contribution in [3.8, 4) is 0 Å². The van der Waals surface area contributed by atoms with Crippen molar-refractivity contribution in [1.82, 2.24) is 10.2 Å². The number of piperidine rings is 1. The molecule has 2 heterocycles. The van der Waals surface area contributed by atoms with E-state index in [0.717, 1.165) is 32.5 Å². The summed E-state index contributed by atoms with van der Waals surface area (Å²) in [4.78, 5) is 16.1. The van der Waals surface area contributed by atoms with Crippen LogP contribution in [0.25, 0.3) is 0 Å². The van der Waals surface area contributed by atoms with Crippen molar-refractivity contribution in [2.45, 2.75) is 50.0 Å². The molecule has 2 unspecified atom stereocenters. The Labute approximate surface area is 174 Å². The Morgan fingerprint density at radius 2 is 1.69 bits per heavy atom. The van der Waals surface area contributed by atoms with Gasteiger partial charge in [-0.25, -0.2) is 0 Å². The van der Waals surface area contributed by atoms with Gasteiger partial charge in [-0.15, -0.1) is 0 Å². The van der Waals surface area contributed by atoms with E-state index in [0.29, 0.717) is 23.8 Å². The van der Waals surface area contributed by atoms with Crippen LogP contribution >= 0.6 is 0 Å². The first kappa shape index (κ1) is 18.9. The minimum atomic E-state index is -0.122. The van der Waals surface area contributed by atoms with Gasteiger partial charge >= 0.3 is 0 Å². The number of carbonyl (C=O) groups excluding carboxylic acids is 1. The van der Waals surface area contributed by atoms with Crippen molar-refractivity contribution in [2.75, 3.05) is 19.6 Å². The van der Waals surface area contributed by atoms with E-state index >= 15 is 0 Å². The van der Waals surface area contributed by atoms with Crippen LogP contribution in [0.2, 0.25) is 0 Å². The van der Waals surface area contributed by atoms with Gasteiger partial charge in [0.25, 0.3) is 0 Å². The summed E-state index contributed by atoms with van der Waals surface area (Å²) in [6.07, 6.45) is 4.79. The van der Waals surface area contributed by atoms with Gasteiger partial charge in [0.2, 0.25) is 5.91 Å². The fraction of sp³-hybridized carbons (Fsp3) is 0.500. The van der Waals surface area contributed by atoms with Gasteiger partial charge in [-0.2, -0.15) is 0 Å². The Balaban J connectivity index is 1.38. The smallest absolute Gasteiger partial charge is 0.228 e. The molecule has 1 saturated carbocycles. The second-order valence-electron chi connectivity index (χ2n) is 9.54. The molecule has 2 aromatic rings. The SMILES string of the molecule is C[C@@]1(c2ccccc2)CNC[C@H]1C(=O)N1CCC(c2ccccc2)CC1C1CC1. The quantitative estimate of drug-likeness (QED) is 0.845. The predicted molar refractivity (Wildman–Crippen MR) is 117 cm³/mol. The molecule has 2 aromatic carbocycles. The third kappa shape index (κ3) is 3.50. The molecule has 2 aliphatic heterocycles. The number of nitrogens with one attached hydrogen (secondary N) is 1. The molecule has 0 spiro atoms. The highest BCUT2D eigenvalue weighted by atomic mass is 16.2. The molecule has 3 fully saturated rings. The molecule has 29 heavy (non-hydrogen) atoms. The van der Waals surface area contributed by atoms with Crippen molar-refractivity contribution in [3.63, 3.8) is 0 Å². The lowest BCUT2D eigenvalue weighted by Crippen LogP contribution is -2.52. The van der Waals surface area contributed by atoms with E-state index in [-0.39, 0.29) is 11.3 Å². The highest BCUT2D eigenvalue weighted by molar-refractivity contribution is 5.82. The van der Waals surface area contributed by atoms with E-state index in [2.05, 4.69) is 77.8 Å². The number of hydrogen-bond donors (Lipinski definition) is 1. The number of hydrogen-bond acceptors (Lipinski definition) is 2. The molecule has 2 saturated heterocycles. The van der Waals surface area contributed by atoms with Crippen molar-refractivity contribution in [2.24, 2.45) is 11.8 Å². The Morgan fingerprint density at radius 1 is 1.00 bits per heavy atom. The van der Waals surface area contributed by atoms with Crippen LogP contribution in [0.3, 0.4) is 0 Å². The van der Waals surface area contributed by atoms with E-state index in [4.69, 9.17) is 0 Å². The van der Waals surface area contributed by atoms with E-state index < -0.39 is 0 Å². The topological polar surface area (TPSA) is 32.3 Å². The van der Waals surface area contributed by atoms with Crippen LogP contribution in [0.1, 0.15) is 49.7 Å². The maximum atomic E-state index is 13.9. The lowest BCUT2D eigenvalue weighted by atomic mass is 9.73. The van der Waals surface area contributed by atoms with Crippen molar-refractivity contribution in [1.29, 1.82) is 0 Å². The molecule has 3 heteroatoms. The molecular weight excluding hydrogens is 356 g/mol. The van der Waals surface area contributed by atoms with Crippen molar-refractivity contribution in [3.05, 3.63) is 71.8 Å². The Kier molecular flexibility index (Phi) is 4.95. The normalized spacial score (nSPS) is 32.3. The number of amides is 1. The Morgan fingerprint density at radius 3 is 2.38 bits per heavy atom. The van der Waals surface area contributed by atoms with E-state index in [1.807, 2.05) is 0 Å². The fourth-order valence-corrected chi connectivity index (χ4v) is 5.73. The van der Waals surface area contributed by atoms with Crippen LogP contribution in [0.5, 0.6) is 0 Å². The van der Waals surface area contributed by atoms with Gasteiger partial charge in [-0.3, -0.25) is 4.79 Å². The molecule has 3 nitrogen and oxygen atoms in total. The average Bonchev–Trinajstić information content (AvgIpc) is 3.55. The van der Waals surface area contributed by atoms with Gasteiger partial charge in [0.05, 0.1) is 5.92 Å². The summed E-state index contributed by atoms with van der Waals surface area (Å²) in [5.74, 6) is 1.71. The first-order valence-electron chi connectivity index (χ1n) is 11.3. The summed E-state index contributed by atoms with van der Waals surface area (Å²) >= 11 is 0. The molecule has 4 atom stereocenters. The summed E-state index contributed by atoms with van der Waals surface area (Å²) in [6.45, 7) is 4.84. The van der Waals surface area contributed by atoms with Gasteiger partial charge in [-0.05, 0) is 48.6 Å². The van der Waals surface area contributed by atoms with E-state index in [1.165, 1.54) is 24.0 Å². The molecular formula is C26H32N2O. The van der Waals surface area contributed by atoms with Crippen LogP contribution in [0.4, 0.5) is 0 Å². The molecule has 1 amide bonds. The maximum absolute atomic E-state index is 13.9. The van der Waals surface area contributed by atoms with Gasteiger partial charge < -0.3 is 10.2 Å². The number of likely N-dealkylation sites (tertiary alicyclic amines) is 1. The monoisotopic (exact) mass is 388 g/mol. The number of carbonyl (C=O) groups is 1. The first-order valence-corrected chi connectivity index (χ1v) is 11.3. The third-order valence-corrected chi connectivity index (χ3v) is 7.71.